The molecule has 0 bridgehead atoms. The molecule has 0 aliphatic heterocycles. The van der Waals surface area contributed by atoms with Crippen molar-refractivity contribution in [3.63, 3.8) is 0 Å². The molecule has 1 amide bonds. The first kappa shape index (κ1) is 10.9. The SMILES string of the molecule is O=C(NCCn1ccnn1)c1ccoc1Br. The minimum Gasteiger partial charge on any atom is -0.457 e. The van der Waals surface area contributed by atoms with Crippen LogP contribution in [0.4, 0.5) is 0 Å². The van der Waals surface area contributed by atoms with E-state index in [1.54, 1.807) is 23.1 Å². The van der Waals surface area contributed by atoms with Crippen LogP contribution in [0.1, 0.15) is 10.4 Å². The van der Waals surface area contributed by atoms with Gasteiger partial charge >= 0.3 is 0 Å². The van der Waals surface area contributed by atoms with Gasteiger partial charge in [0.15, 0.2) is 4.67 Å². The van der Waals surface area contributed by atoms with Crippen LogP contribution in [0, 0.1) is 0 Å². The number of furan rings is 1. The summed E-state index contributed by atoms with van der Waals surface area (Å²) >= 11 is 3.14. The average Bonchev–Trinajstić information content (AvgIpc) is 2.88. The first-order valence-corrected chi connectivity index (χ1v) is 5.42. The zero-order chi connectivity index (χ0) is 11.4. The number of nitrogens with zero attached hydrogens (tertiary/aromatic N) is 3. The monoisotopic (exact) mass is 284 g/mol. The molecule has 16 heavy (non-hydrogen) atoms. The maximum absolute atomic E-state index is 11.6. The second kappa shape index (κ2) is 4.93. The van der Waals surface area contributed by atoms with Crippen LogP contribution in [-0.2, 0) is 6.54 Å². The van der Waals surface area contributed by atoms with Crippen molar-refractivity contribution < 1.29 is 9.21 Å². The van der Waals surface area contributed by atoms with Crippen molar-refractivity contribution in [1.29, 1.82) is 0 Å². The van der Waals surface area contributed by atoms with Gasteiger partial charge in [-0.1, -0.05) is 5.21 Å². The lowest BCUT2D eigenvalue weighted by Gasteiger charge is -2.03. The van der Waals surface area contributed by atoms with Crippen molar-refractivity contribution in [1.82, 2.24) is 20.3 Å². The van der Waals surface area contributed by atoms with Gasteiger partial charge in [0.2, 0.25) is 0 Å². The molecule has 0 saturated carbocycles. The Morgan fingerprint density at radius 3 is 3.12 bits per heavy atom. The molecule has 7 heteroatoms. The summed E-state index contributed by atoms with van der Waals surface area (Å²) in [6.45, 7) is 1.07. The average molecular weight is 285 g/mol. The van der Waals surface area contributed by atoms with E-state index in [9.17, 15) is 4.79 Å². The highest BCUT2D eigenvalue weighted by atomic mass is 79.9. The zero-order valence-corrected chi connectivity index (χ0v) is 9.85. The largest absolute Gasteiger partial charge is 0.457 e. The summed E-state index contributed by atoms with van der Waals surface area (Å²) in [7, 11) is 0. The van der Waals surface area contributed by atoms with Crippen LogP contribution in [0.5, 0.6) is 0 Å². The van der Waals surface area contributed by atoms with Gasteiger partial charge in [0.05, 0.1) is 24.6 Å². The normalized spacial score (nSPS) is 10.3. The molecule has 2 heterocycles. The summed E-state index contributed by atoms with van der Waals surface area (Å²) < 4.78 is 7.05. The third-order valence-electron chi connectivity index (χ3n) is 1.96. The number of carbonyl (C=O) groups excluding carboxylic acids is 1. The Kier molecular flexibility index (Phi) is 3.35. The van der Waals surface area contributed by atoms with E-state index in [1.807, 2.05) is 0 Å². The maximum atomic E-state index is 11.6. The molecule has 0 aliphatic rings. The summed E-state index contributed by atoms with van der Waals surface area (Å²) in [4.78, 5) is 11.6. The van der Waals surface area contributed by atoms with Crippen LogP contribution >= 0.6 is 15.9 Å². The van der Waals surface area contributed by atoms with Crippen molar-refractivity contribution in [2.45, 2.75) is 6.54 Å². The minimum absolute atomic E-state index is 0.180. The summed E-state index contributed by atoms with van der Waals surface area (Å²) in [5, 5.41) is 10.2. The Hall–Kier alpha value is -1.63. The molecule has 0 saturated heterocycles. The topological polar surface area (TPSA) is 73.0 Å². The second-order valence-electron chi connectivity index (χ2n) is 3.03. The lowest BCUT2D eigenvalue weighted by atomic mass is 10.3. The van der Waals surface area contributed by atoms with Gasteiger partial charge in [-0.2, -0.15) is 0 Å². The quantitative estimate of drug-likeness (QED) is 0.911. The molecule has 0 spiro atoms. The van der Waals surface area contributed by atoms with Crippen molar-refractivity contribution >= 4 is 21.8 Å². The number of aromatic nitrogens is 3. The van der Waals surface area contributed by atoms with Crippen molar-refractivity contribution in [3.05, 3.63) is 35.0 Å². The van der Waals surface area contributed by atoms with E-state index >= 15 is 0 Å². The fourth-order valence-electron chi connectivity index (χ4n) is 1.19. The van der Waals surface area contributed by atoms with E-state index in [1.165, 1.54) is 6.26 Å². The van der Waals surface area contributed by atoms with Gasteiger partial charge in [-0.3, -0.25) is 9.48 Å². The Morgan fingerprint density at radius 2 is 2.50 bits per heavy atom. The molecule has 0 unspecified atom stereocenters. The van der Waals surface area contributed by atoms with Crippen LogP contribution in [0.15, 0.2) is 33.8 Å². The van der Waals surface area contributed by atoms with Crippen molar-refractivity contribution in [2.24, 2.45) is 0 Å². The third kappa shape index (κ3) is 2.48. The highest BCUT2D eigenvalue weighted by Crippen LogP contribution is 2.16. The van der Waals surface area contributed by atoms with E-state index < -0.39 is 0 Å². The zero-order valence-electron chi connectivity index (χ0n) is 8.26. The van der Waals surface area contributed by atoms with E-state index in [2.05, 4.69) is 31.6 Å². The number of halogens is 1. The molecule has 84 valence electrons. The number of amides is 1. The van der Waals surface area contributed by atoms with Gasteiger partial charge in [-0.25, -0.2) is 0 Å². The molecule has 0 atom stereocenters. The predicted molar refractivity (Wildman–Crippen MR) is 58.8 cm³/mol. The summed E-state index contributed by atoms with van der Waals surface area (Å²) in [5.74, 6) is -0.180. The fraction of sp³-hybridized carbons (Fsp3) is 0.222. The minimum atomic E-state index is -0.180. The summed E-state index contributed by atoms with van der Waals surface area (Å²) in [6, 6.07) is 1.61. The number of carbonyl (C=O) groups is 1. The first-order valence-electron chi connectivity index (χ1n) is 4.62. The maximum Gasteiger partial charge on any atom is 0.255 e. The number of hydrogen-bond donors (Lipinski definition) is 1. The van der Waals surface area contributed by atoms with E-state index in [0.717, 1.165) is 0 Å². The molecule has 0 fully saturated rings. The molecule has 0 radical (unpaired) electrons. The molecule has 0 aromatic carbocycles. The molecule has 2 aromatic rings. The smallest absolute Gasteiger partial charge is 0.255 e. The molecular formula is C9H9BrN4O2. The Bertz CT molecular complexity index is 466. The molecule has 2 aromatic heterocycles. The van der Waals surface area contributed by atoms with Gasteiger partial charge in [-0.15, -0.1) is 5.10 Å². The van der Waals surface area contributed by atoms with Gasteiger partial charge in [-0.05, 0) is 22.0 Å². The molecule has 1 N–H and O–H groups in total. The Balaban J connectivity index is 1.83. The molecule has 2 rings (SSSR count). The fourth-order valence-corrected chi connectivity index (χ4v) is 1.61. The number of rotatable bonds is 4. The number of nitrogens with one attached hydrogen (secondary N) is 1. The lowest BCUT2D eigenvalue weighted by molar-refractivity contribution is 0.0950. The van der Waals surface area contributed by atoms with Crippen LogP contribution in [0.3, 0.4) is 0 Å². The van der Waals surface area contributed by atoms with Crippen LogP contribution < -0.4 is 5.32 Å². The summed E-state index contributed by atoms with van der Waals surface area (Å²) in [6.07, 6.45) is 4.78. The highest BCUT2D eigenvalue weighted by Gasteiger charge is 2.11. The van der Waals surface area contributed by atoms with Crippen molar-refractivity contribution in [3.8, 4) is 0 Å². The van der Waals surface area contributed by atoms with Gasteiger partial charge in [0.1, 0.15) is 0 Å². The Labute approximate surface area is 99.8 Å². The molecule has 6 nitrogen and oxygen atoms in total. The summed E-state index contributed by atoms with van der Waals surface area (Å²) in [5.41, 5.74) is 0.485. The molecule has 0 aliphatic carbocycles. The predicted octanol–water partition coefficient (Wildman–Crippen LogP) is 1.06. The van der Waals surface area contributed by atoms with Crippen LogP contribution in [0.25, 0.3) is 0 Å². The van der Waals surface area contributed by atoms with E-state index in [0.29, 0.717) is 23.3 Å². The van der Waals surface area contributed by atoms with E-state index in [-0.39, 0.29) is 5.91 Å². The highest BCUT2D eigenvalue weighted by molar-refractivity contribution is 9.10. The standard InChI is InChI=1S/C9H9BrN4O2/c10-8-7(1-6-16-8)9(15)11-2-4-14-5-3-12-13-14/h1,3,5-6H,2,4H2,(H,11,15). The first-order chi connectivity index (χ1) is 7.77. The lowest BCUT2D eigenvalue weighted by Crippen LogP contribution is -2.27. The van der Waals surface area contributed by atoms with Gasteiger partial charge in [0, 0.05) is 12.7 Å². The van der Waals surface area contributed by atoms with E-state index in [4.69, 9.17) is 4.42 Å². The van der Waals surface area contributed by atoms with Crippen molar-refractivity contribution in [2.75, 3.05) is 6.54 Å². The van der Waals surface area contributed by atoms with Crippen LogP contribution in [0.2, 0.25) is 0 Å². The number of hydrogen-bond acceptors (Lipinski definition) is 4. The van der Waals surface area contributed by atoms with Gasteiger partial charge in [0.25, 0.3) is 5.91 Å². The van der Waals surface area contributed by atoms with Gasteiger partial charge < -0.3 is 9.73 Å². The second-order valence-corrected chi connectivity index (χ2v) is 3.75. The molecular weight excluding hydrogens is 276 g/mol. The van der Waals surface area contributed by atoms with Crippen LogP contribution in [-0.4, -0.2) is 27.4 Å². The third-order valence-corrected chi connectivity index (χ3v) is 2.58. The Morgan fingerprint density at radius 1 is 1.62 bits per heavy atom.